The first-order valence-corrected chi connectivity index (χ1v) is 6.07. The van der Waals surface area contributed by atoms with Gasteiger partial charge in [-0.25, -0.2) is 0 Å². The van der Waals surface area contributed by atoms with Gasteiger partial charge in [0.25, 0.3) is 0 Å². The van der Waals surface area contributed by atoms with Crippen LogP contribution in [0.25, 0.3) is 11.3 Å². The summed E-state index contributed by atoms with van der Waals surface area (Å²) in [5.74, 6) is 1.54. The smallest absolute Gasteiger partial charge is 0.131 e. The minimum atomic E-state index is 0.639. The van der Waals surface area contributed by atoms with E-state index in [9.17, 15) is 0 Å². The van der Waals surface area contributed by atoms with Crippen LogP contribution in [0.5, 0.6) is 5.75 Å². The van der Waals surface area contributed by atoms with Crippen molar-refractivity contribution in [3.05, 3.63) is 29.3 Å². The maximum absolute atomic E-state index is 5.83. The lowest BCUT2D eigenvalue weighted by atomic mass is 10.0. The summed E-state index contributed by atoms with van der Waals surface area (Å²) >= 11 is 0. The molecule has 0 amide bonds. The fourth-order valence-corrected chi connectivity index (χ4v) is 1.94. The van der Waals surface area contributed by atoms with Crippen molar-refractivity contribution in [1.82, 2.24) is 9.78 Å². The quantitative estimate of drug-likeness (QED) is 0.904. The molecule has 0 atom stereocenters. The molecule has 2 N–H and O–H groups in total. The monoisotopic (exact) mass is 245 g/mol. The summed E-state index contributed by atoms with van der Waals surface area (Å²) < 4.78 is 7.43. The molecule has 4 nitrogen and oxygen atoms in total. The highest BCUT2D eigenvalue weighted by molar-refractivity contribution is 5.71. The van der Waals surface area contributed by atoms with Crippen molar-refractivity contribution >= 4 is 5.82 Å². The van der Waals surface area contributed by atoms with Gasteiger partial charge in [-0.3, -0.25) is 4.68 Å². The number of aryl methyl sites for hydroxylation is 2. The number of anilines is 1. The molecule has 1 heterocycles. The number of rotatable bonds is 3. The number of ether oxygens (including phenoxy) is 1. The molecule has 0 saturated heterocycles. The first-order valence-electron chi connectivity index (χ1n) is 6.07. The standard InChI is InChI=1S/C14H19N3O/c1-5-18-14-10(3)9(2)6-7-11(14)12-8-13(15)17(4)16-12/h6-8H,5,15H2,1-4H3. The molecular weight excluding hydrogens is 226 g/mol. The van der Waals surface area contributed by atoms with E-state index in [1.807, 2.05) is 26.1 Å². The Hall–Kier alpha value is -1.97. The zero-order valence-electron chi connectivity index (χ0n) is 11.3. The number of aromatic nitrogens is 2. The van der Waals surface area contributed by atoms with Crippen molar-refractivity contribution in [2.45, 2.75) is 20.8 Å². The topological polar surface area (TPSA) is 53.1 Å². The highest BCUT2D eigenvalue weighted by Gasteiger charge is 2.14. The van der Waals surface area contributed by atoms with Gasteiger partial charge < -0.3 is 10.5 Å². The molecule has 0 aliphatic heterocycles. The van der Waals surface area contributed by atoms with Gasteiger partial charge >= 0.3 is 0 Å². The minimum Gasteiger partial charge on any atom is -0.493 e. The van der Waals surface area contributed by atoms with E-state index >= 15 is 0 Å². The average molecular weight is 245 g/mol. The van der Waals surface area contributed by atoms with E-state index in [1.54, 1.807) is 4.68 Å². The van der Waals surface area contributed by atoms with E-state index in [0.29, 0.717) is 12.4 Å². The Labute approximate surface area is 107 Å². The predicted molar refractivity (Wildman–Crippen MR) is 73.7 cm³/mol. The molecule has 18 heavy (non-hydrogen) atoms. The van der Waals surface area contributed by atoms with Crippen molar-refractivity contribution in [3.63, 3.8) is 0 Å². The van der Waals surface area contributed by atoms with Crippen LogP contribution in [0.15, 0.2) is 18.2 Å². The van der Waals surface area contributed by atoms with Crippen LogP contribution in [0.1, 0.15) is 18.1 Å². The van der Waals surface area contributed by atoms with E-state index in [-0.39, 0.29) is 0 Å². The fourth-order valence-electron chi connectivity index (χ4n) is 1.94. The van der Waals surface area contributed by atoms with Crippen LogP contribution in [-0.2, 0) is 7.05 Å². The third-order valence-corrected chi connectivity index (χ3v) is 3.16. The molecule has 1 aromatic carbocycles. The lowest BCUT2D eigenvalue weighted by molar-refractivity contribution is 0.339. The molecule has 1 aromatic heterocycles. The number of nitrogens with zero attached hydrogens (tertiary/aromatic N) is 2. The Morgan fingerprint density at radius 1 is 1.33 bits per heavy atom. The predicted octanol–water partition coefficient (Wildman–Crippen LogP) is 2.68. The zero-order chi connectivity index (χ0) is 13.3. The van der Waals surface area contributed by atoms with Crippen molar-refractivity contribution in [2.24, 2.45) is 7.05 Å². The van der Waals surface area contributed by atoms with Crippen molar-refractivity contribution in [1.29, 1.82) is 0 Å². The van der Waals surface area contributed by atoms with E-state index in [2.05, 4.69) is 25.0 Å². The van der Waals surface area contributed by atoms with E-state index in [4.69, 9.17) is 10.5 Å². The Balaban J connectivity index is 2.59. The molecule has 0 fully saturated rings. The average Bonchev–Trinajstić information content (AvgIpc) is 2.66. The summed E-state index contributed by atoms with van der Waals surface area (Å²) in [6.07, 6.45) is 0. The summed E-state index contributed by atoms with van der Waals surface area (Å²) in [7, 11) is 1.83. The molecule has 4 heteroatoms. The second-order valence-corrected chi connectivity index (χ2v) is 4.40. The Morgan fingerprint density at radius 2 is 2.06 bits per heavy atom. The van der Waals surface area contributed by atoms with E-state index in [0.717, 1.165) is 22.6 Å². The number of hydrogen-bond donors (Lipinski definition) is 1. The first kappa shape index (κ1) is 12.5. The molecule has 0 spiro atoms. The van der Waals surface area contributed by atoms with Crippen molar-refractivity contribution in [3.8, 4) is 17.0 Å². The summed E-state index contributed by atoms with van der Waals surface area (Å²) in [6.45, 7) is 6.77. The Bertz CT molecular complexity index is 553. The fraction of sp³-hybridized carbons (Fsp3) is 0.357. The summed E-state index contributed by atoms with van der Waals surface area (Å²) in [6, 6.07) is 5.99. The van der Waals surface area contributed by atoms with Crippen LogP contribution < -0.4 is 10.5 Å². The molecule has 0 aliphatic rings. The molecule has 0 radical (unpaired) electrons. The van der Waals surface area contributed by atoms with Gasteiger partial charge in [0, 0.05) is 18.7 Å². The van der Waals surface area contributed by atoms with E-state index < -0.39 is 0 Å². The van der Waals surface area contributed by atoms with Crippen LogP contribution in [0.3, 0.4) is 0 Å². The molecule has 2 aromatic rings. The lowest BCUT2D eigenvalue weighted by Crippen LogP contribution is -1.99. The number of benzene rings is 1. The lowest BCUT2D eigenvalue weighted by Gasteiger charge is -2.13. The SMILES string of the molecule is CCOc1c(-c2cc(N)n(C)n2)ccc(C)c1C. The van der Waals surface area contributed by atoms with Gasteiger partial charge in [0.2, 0.25) is 0 Å². The molecule has 96 valence electrons. The van der Waals surface area contributed by atoms with Crippen LogP contribution in [0.4, 0.5) is 5.82 Å². The highest BCUT2D eigenvalue weighted by atomic mass is 16.5. The van der Waals surface area contributed by atoms with Crippen LogP contribution in [0, 0.1) is 13.8 Å². The largest absolute Gasteiger partial charge is 0.493 e. The van der Waals surface area contributed by atoms with Gasteiger partial charge in [0.1, 0.15) is 11.6 Å². The Kier molecular flexibility index (Phi) is 3.28. The third kappa shape index (κ3) is 2.06. The van der Waals surface area contributed by atoms with Crippen molar-refractivity contribution in [2.75, 3.05) is 12.3 Å². The summed E-state index contributed by atoms with van der Waals surface area (Å²) in [5, 5.41) is 4.41. The van der Waals surface area contributed by atoms with Gasteiger partial charge in [0.15, 0.2) is 0 Å². The number of hydrogen-bond acceptors (Lipinski definition) is 3. The molecule has 0 aliphatic carbocycles. The van der Waals surface area contributed by atoms with Crippen molar-refractivity contribution < 1.29 is 4.74 Å². The maximum atomic E-state index is 5.83. The van der Waals surface area contributed by atoms with Gasteiger partial charge in [-0.2, -0.15) is 5.10 Å². The second-order valence-electron chi connectivity index (χ2n) is 4.40. The first-order chi connectivity index (χ1) is 8.54. The molecule has 0 unspecified atom stereocenters. The minimum absolute atomic E-state index is 0.639. The molecule has 0 bridgehead atoms. The van der Waals surface area contributed by atoms with Gasteiger partial charge in [-0.15, -0.1) is 0 Å². The summed E-state index contributed by atoms with van der Waals surface area (Å²) in [5.41, 5.74) is 10.0. The second kappa shape index (κ2) is 4.72. The Morgan fingerprint density at radius 3 is 2.61 bits per heavy atom. The highest BCUT2D eigenvalue weighted by Crippen LogP contribution is 2.34. The van der Waals surface area contributed by atoms with Crippen LogP contribution in [-0.4, -0.2) is 16.4 Å². The van der Waals surface area contributed by atoms with Gasteiger partial charge in [-0.05, 0) is 38.0 Å². The zero-order valence-corrected chi connectivity index (χ0v) is 11.3. The molecule has 0 saturated carbocycles. The van der Waals surface area contributed by atoms with Gasteiger partial charge in [0.05, 0.1) is 12.3 Å². The van der Waals surface area contributed by atoms with Gasteiger partial charge in [-0.1, -0.05) is 6.07 Å². The third-order valence-electron chi connectivity index (χ3n) is 3.16. The summed E-state index contributed by atoms with van der Waals surface area (Å²) in [4.78, 5) is 0. The number of nitrogen functional groups attached to an aromatic ring is 1. The normalized spacial score (nSPS) is 10.7. The molecular formula is C14H19N3O. The van der Waals surface area contributed by atoms with Crippen LogP contribution >= 0.6 is 0 Å². The molecule has 2 rings (SSSR count). The maximum Gasteiger partial charge on any atom is 0.131 e. The van der Waals surface area contributed by atoms with E-state index in [1.165, 1.54) is 5.56 Å². The van der Waals surface area contributed by atoms with Crippen LogP contribution in [0.2, 0.25) is 0 Å². The number of nitrogens with two attached hydrogens (primary N) is 1.